The minimum absolute atomic E-state index is 0.102. The monoisotopic (exact) mass is 386 g/mol. The van der Waals surface area contributed by atoms with E-state index in [4.69, 9.17) is 13.9 Å². The lowest BCUT2D eigenvalue weighted by atomic mass is 10.2. The molecule has 2 aromatic heterocycles. The largest absolute Gasteiger partial charge is 0.491 e. The molecule has 27 heavy (non-hydrogen) atoms. The van der Waals surface area contributed by atoms with Crippen LogP contribution in [0, 0.1) is 6.92 Å². The number of hydrogen-bond donors (Lipinski definition) is 1. The number of aromatic nitrogens is 1. The van der Waals surface area contributed by atoms with Crippen molar-refractivity contribution in [3.8, 4) is 16.5 Å². The number of benzene rings is 1. The van der Waals surface area contributed by atoms with Crippen molar-refractivity contribution >= 4 is 17.2 Å². The number of nitrogens with one attached hydrogen (secondary N) is 1. The molecule has 0 spiro atoms. The van der Waals surface area contributed by atoms with Crippen LogP contribution < -0.4 is 10.1 Å². The lowest BCUT2D eigenvalue weighted by Crippen LogP contribution is -2.25. The van der Waals surface area contributed by atoms with Crippen molar-refractivity contribution < 1.29 is 18.7 Å². The Balaban J connectivity index is 1.53. The van der Waals surface area contributed by atoms with E-state index in [1.54, 1.807) is 18.4 Å². The van der Waals surface area contributed by atoms with Crippen LogP contribution in [0.5, 0.6) is 5.75 Å². The van der Waals surface area contributed by atoms with Gasteiger partial charge in [-0.25, -0.2) is 4.98 Å². The van der Waals surface area contributed by atoms with E-state index in [9.17, 15) is 4.79 Å². The molecular formula is C20H22N2O4S. The summed E-state index contributed by atoms with van der Waals surface area (Å²) in [6.45, 7) is 3.28. The average molecular weight is 386 g/mol. The molecule has 3 rings (SSSR count). The van der Waals surface area contributed by atoms with E-state index in [1.807, 2.05) is 48.7 Å². The number of aryl methyl sites for hydroxylation is 1. The Morgan fingerprint density at radius 3 is 2.93 bits per heavy atom. The zero-order valence-corrected chi connectivity index (χ0v) is 16.2. The molecule has 2 heterocycles. The summed E-state index contributed by atoms with van der Waals surface area (Å²) >= 11 is 1.56. The molecule has 1 aromatic carbocycles. The molecule has 6 nitrogen and oxygen atoms in total. The van der Waals surface area contributed by atoms with E-state index in [0.29, 0.717) is 37.1 Å². The maximum atomic E-state index is 12.3. The number of amides is 1. The Hall–Kier alpha value is -2.64. The highest BCUT2D eigenvalue weighted by atomic mass is 32.1. The van der Waals surface area contributed by atoms with Crippen LogP contribution in [-0.4, -0.2) is 31.2 Å². The molecule has 0 aliphatic heterocycles. The summed E-state index contributed by atoms with van der Waals surface area (Å²) in [6, 6.07) is 11.5. The first-order valence-corrected chi connectivity index (χ1v) is 9.51. The number of rotatable bonds is 9. The highest BCUT2D eigenvalue weighted by Crippen LogP contribution is 2.26. The first-order valence-electron chi connectivity index (χ1n) is 8.63. The van der Waals surface area contributed by atoms with Crippen molar-refractivity contribution in [2.75, 3.05) is 20.3 Å². The first-order chi connectivity index (χ1) is 13.2. The number of nitrogens with zero attached hydrogens (tertiary/aromatic N) is 1. The van der Waals surface area contributed by atoms with Gasteiger partial charge in [0.1, 0.15) is 18.1 Å². The van der Waals surface area contributed by atoms with E-state index in [-0.39, 0.29) is 12.3 Å². The van der Waals surface area contributed by atoms with E-state index in [2.05, 4.69) is 10.3 Å². The maximum Gasteiger partial charge on any atom is 0.236 e. The molecule has 3 aromatic rings. The van der Waals surface area contributed by atoms with Gasteiger partial charge in [0.05, 0.1) is 23.6 Å². The minimum atomic E-state index is -0.102. The van der Waals surface area contributed by atoms with Crippen LogP contribution in [0.1, 0.15) is 17.0 Å². The Morgan fingerprint density at radius 1 is 1.26 bits per heavy atom. The number of carbonyl (C=O) groups is 1. The number of thiophene rings is 1. The highest BCUT2D eigenvalue weighted by molar-refractivity contribution is 7.13. The van der Waals surface area contributed by atoms with Gasteiger partial charge in [0.25, 0.3) is 0 Å². The summed E-state index contributed by atoms with van der Waals surface area (Å²) in [7, 11) is 1.63. The van der Waals surface area contributed by atoms with Crippen LogP contribution in [0.25, 0.3) is 10.8 Å². The number of hydrogen-bond acceptors (Lipinski definition) is 6. The quantitative estimate of drug-likeness (QED) is 0.569. The van der Waals surface area contributed by atoms with Gasteiger partial charge in [0.2, 0.25) is 11.8 Å². The van der Waals surface area contributed by atoms with Crippen molar-refractivity contribution in [2.45, 2.75) is 19.9 Å². The first kappa shape index (κ1) is 19.1. The second-order valence-electron chi connectivity index (χ2n) is 5.94. The van der Waals surface area contributed by atoms with E-state index in [0.717, 1.165) is 16.2 Å². The molecule has 0 radical (unpaired) electrons. The molecule has 1 amide bonds. The Morgan fingerprint density at radius 2 is 2.15 bits per heavy atom. The third-order valence-corrected chi connectivity index (χ3v) is 4.75. The van der Waals surface area contributed by atoms with Crippen LogP contribution >= 0.6 is 11.3 Å². The van der Waals surface area contributed by atoms with Gasteiger partial charge in [-0.05, 0) is 36.1 Å². The highest BCUT2D eigenvalue weighted by Gasteiger charge is 2.15. The third-order valence-electron chi connectivity index (χ3n) is 3.90. The fourth-order valence-electron chi connectivity index (χ4n) is 2.50. The number of methoxy groups -OCH3 is 1. The lowest BCUT2D eigenvalue weighted by molar-refractivity contribution is -0.120. The Bertz CT molecular complexity index is 874. The van der Waals surface area contributed by atoms with Gasteiger partial charge in [-0.15, -0.1) is 11.3 Å². The van der Waals surface area contributed by atoms with Gasteiger partial charge in [-0.2, -0.15) is 0 Å². The molecule has 7 heteroatoms. The topological polar surface area (TPSA) is 73.6 Å². The smallest absolute Gasteiger partial charge is 0.236 e. The minimum Gasteiger partial charge on any atom is -0.491 e. The number of ether oxygens (including phenoxy) is 2. The van der Waals surface area contributed by atoms with Gasteiger partial charge >= 0.3 is 0 Å². The van der Waals surface area contributed by atoms with Crippen LogP contribution in [-0.2, 0) is 22.5 Å². The number of oxazole rings is 1. The second-order valence-corrected chi connectivity index (χ2v) is 6.89. The van der Waals surface area contributed by atoms with E-state index >= 15 is 0 Å². The summed E-state index contributed by atoms with van der Waals surface area (Å²) in [5.41, 5.74) is 1.63. The van der Waals surface area contributed by atoms with Crippen LogP contribution in [0.4, 0.5) is 0 Å². The molecule has 0 unspecified atom stereocenters. The van der Waals surface area contributed by atoms with Gasteiger partial charge in [-0.1, -0.05) is 18.2 Å². The van der Waals surface area contributed by atoms with Crippen LogP contribution in [0.2, 0.25) is 0 Å². The van der Waals surface area contributed by atoms with Gasteiger partial charge in [0, 0.05) is 13.7 Å². The molecule has 0 saturated carbocycles. The van der Waals surface area contributed by atoms with Crippen molar-refractivity contribution in [1.82, 2.24) is 10.3 Å². The Labute approximate surface area is 162 Å². The molecule has 0 aliphatic carbocycles. The predicted octanol–water partition coefficient (Wildman–Crippen LogP) is 3.60. The molecule has 0 saturated heterocycles. The SMILES string of the molecule is COCCOc1cccc(CNC(=O)Cc2nc(-c3cccs3)oc2C)c1. The molecule has 0 atom stereocenters. The van der Waals surface area contributed by atoms with Gasteiger partial charge in [-0.3, -0.25) is 4.79 Å². The van der Waals surface area contributed by atoms with Crippen molar-refractivity contribution in [1.29, 1.82) is 0 Å². The average Bonchev–Trinajstić information content (AvgIpc) is 3.31. The standard InChI is InChI=1S/C20H22N2O4S/c1-14-17(22-20(26-14)18-7-4-10-27-18)12-19(23)21-13-15-5-3-6-16(11-15)25-9-8-24-2/h3-7,10-11H,8-9,12-13H2,1-2H3,(H,21,23). The molecule has 0 fully saturated rings. The van der Waals surface area contributed by atoms with Crippen LogP contribution in [0.3, 0.4) is 0 Å². The van der Waals surface area contributed by atoms with E-state index < -0.39 is 0 Å². The van der Waals surface area contributed by atoms with Crippen LogP contribution in [0.15, 0.2) is 46.2 Å². The van der Waals surface area contributed by atoms with Crippen molar-refractivity contribution in [3.63, 3.8) is 0 Å². The molecular weight excluding hydrogens is 364 g/mol. The summed E-state index contributed by atoms with van der Waals surface area (Å²) < 4.78 is 16.2. The van der Waals surface area contributed by atoms with Gasteiger partial charge in [0.15, 0.2) is 0 Å². The lowest BCUT2D eigenvalue weighted by Gasteiger charge is -2.08. The summed E-state index contributed by atoms with van der Waals surface area (Å²) in [4.78, 5) is 17.7. The maximum absolute atomic E-state index is 12.3. The Kier molecular flexibility index (Phi) is 6.62. The van der Waals surface area contributed by atoms with Gasteiger partial charge < -0.3 is 19.2 Å². The second kappa shape index (κ2) is 9.34. The fraction of sp³-hybridized carbons (Fsp3) is 0.300. The zero-order chi connectivity index (χ0) is 19.1. The summed E-state index contributed by atoms with van der Waals surface area (Å²) in [5.74, 6) is 1.88. The zero-order valence-electron chi connectivity index (χ0n) is 15.4. The molecule has 1 N–H and O–H groups in total. The van der Waals surface area contributed by atoms with Crippen molar-refractivity contribution in [3.05, 3.63) is 58.8 Å². The predicted molar refractivity (Wildman–Crippen MR) is 104 cm³/mol. The fourth-order valence-corrected chi connectivity index (χ4v) is 3.15. The number of carbonyl (C=O) groups excluding carboxylic acids is 1. The summed E-state index contributed by atoms with van der Waals surface area (Å²) in [6.07, 6.45) is 0.185. The van der Waals surface area contributed by atoms with Crippen molar-refractivity contribution in [2.24, 2.45) is 0 Å². The summed E-state index contributed by atoms with van der Waals surface area (Å²) in [5, 5.41) is 4.88. The molecule has 0 aliphatic rings. The molecule has 0 bridgehead atoms. The molecule has 142 valence electrons. The third kappa shape index (κ3) is 5.42. The van der Waals surface area contributed by atoms with E-state index in [1.165, 1.54) is 0 Å². The normalized spacial score (nSPS) is 10.7.